The third-order valence-corrected chi connectivity index (χ3v) is 5.35. The van der Waals surface area contributed by atoms with Gasteiger partial charge in [-0.2, -0.15) is 4.98 Å². The zero-order valence-electron chi connectivity index (χ0n) is 15.1. The molecule has 0 aliphatic rings. The number of nitrogens with zero attached hydrogens (tertiary/aromatic N) is 3. The smallest absolute Gasteiger partial charge is 0.238 e. The summed E-state index contributed by atoms with van der Waals surface area (Å²) in [4.78, 5) is 28.3. The monoisotopic (exact) mass is 388 g/mol. The third kappa shape index (κ3) is 4.05. The average Bonchev–Trinajstić information content (AvgIpc) is 3.09. The van der Waals surface area contributed by atoms with Crippen molar-refractivity contribution in [2.45, 2.75) is 24.1 Å². The van der Waals surface area contributed by atoms with E-state index in [0.29, 0.717) is 21.9 Å². The van der Waals surface area contributed by atoms with Crippen LogP contribution in [-0.2, 0) is 4.79 Å². The summed E-state index contributed by atoms with van der Waals surface area (Å²) in [6, 6.07) is 4.63. The van der Waals surface area contributed by atoms with Gasteiger partial charge < -0.3 is 25.9 Å². The highest BCUT2D eigenvalue weighted by Crippen LogP contribution is 2.33. The lowest BCUT2D eigenvalue weighted by molar-refractivity contribution is -0.116. The molecule has 142 valence electrons. The van der Waals surface area contributed by atoms with Gasteiger partial charge in [-0.15, -0.1) is 0 Å². The van der Waals surface area contributed by atoms with Gasteiger partial charge in [0.05, 0.1) is 18.7 Å². The van der Waals surface area contributed by atoms with Crippen LogP contribution in [0.15, 0.2) is 29.6 Å². The zero-order valence-corrected chi connectivity index (χ0v) is 15.9. The van der Waals surface area contributed by atoms with Crippen LogP contribution in [-0.4, -0.2) is 43.3 Å². The first-order chi connectivity index (χ1) is 12.9. The summed E-state index contributed by atoms with van der Waals surface area (Å²) >= 11 is 1.29. The van der Waals surface area contributed by atoms with Gasteiger partial charge in [-0.25, -0.2) is 9.97 Å². The summed E-state index contributed by atoms with van der Waals surface area (Å²) in [6.45, 7) is 3.90. The largest absolute Gasteiger partial charge is 0.504 e. The molecule has 0 aliphatic heterocycles. The van der Waals surface area contributed by atoms with Crippen LogP contribution >= 0.6 is 11.8 Å². The predicted octanol–water partition coefficient (Wildman–Crippen LogP) is 2.40. The first kappa shape index (κ1) is 18.8. The number of phenols is 1. The number of hydrogen-bond acceptors (Lipinski definition) is 8. The maximum Gasteiger partial charge on any atom is 0.238 e. The fourth-order valence-electron chi connectivity index (χ4n) is 2.49. The molecule has 10 heteroatoms. The molecule has 1 aromatic carbocycles. The number of nitrogen functional groups attached to an aromatic ring is 1. The number of nitrogens with two attached hydrogens (primary N) is 1. The van der Waals surface area contributed by atoms with Crippen LogP contribution in [0.1, 0.15) is 13.8 Å². The van der Waals surface area contributed by atoms with Crippen molar-refractivity contribution in [1.29, 1.82) is 0 Å². The number of anilines is 2. The number of phenolic OH excluding ortho intramolecular Hbond substituents is 1. The molecule has 2 heterocycles. The van der Waals surface area contributed by atoms with Crippen molar-refractivity contribution in [2.24, 2.45) is 5.92 Å². The Hall–Kier alpha value is -3.01. The molecule has 1 amide bonds. The van der Waals surface area contributed by atoms with E-state index in [0.717, 1.165) is 0 Å². The molecule has 1 unspecified atom stereocenters. The van der Waals surface area contributed by atoms with Gasteiger partial charge in [0.25, 0.3) is 0 Å². The van der Waals surface area contributed by atoms with Gasteiger partial charge in [0.1, 0.15) is 10.5 Å². The number of aromatic hydroxyl groups is 1. The molecule has 27 heavy (non-hydrogen) atoms. The van der Waals surface area contributed by atoms with Crippen molar-refractivity contribution in [2.75, 3.05) is 18.2 Å². The van der Waals surface area contributed by atoms with Gasteiger partial charge in [0.15, 0.2) is 17.1 Å². The number of aromatic nitrogens is 4. The van der Waals surface area contributed by atoms with E-state index in [2.05, 4.69) is 25.3 Å². The molecule has 0 spiro atoms. The van der Waals surface area contributed by atoms with E-state index < -0.39 is 5.25 Å². The summed E-state index contributed by atoms with van der Waals surface area (Å²) in [6.07, 6.45) is 1.51. The Morgan fingerprint density at radius 1 is 1.37 bits per heavy atom. The van der Waals surface area contributed by atoms with Gasteiger partial charge in [0, 0.05) is 11.8 Å². The number of nitrogens with one attached hydrogen (secondary N) is 2. The standard InChI is InChI=1S/C17H20N6O3S/c1-8(2)13(15(25)21-9-4-5-10(24)11(6-9)26-3)27-16-12-14(20-7-19-12)22-17(18)23-16/h4-8,13,24H,1-3H3,(H,21,25)(H3,18,19,20,22,23). The van der Waals surface area contributed by atoms with Gasteiger partial charge in [-0.1, -0.05) is 25.6 Å². The van der Waals surface area contributed by atoms with Crippen LogP contribution < -0.4 is 15.8 Å². The van der Waals surface area contributed by atoms with Gasteiger partial charge in [0.2, 0.25) is 11.9 Å². The quantitative estimate of drug-likeness (QED) is 0.287. The molecule has 0 bridgehead atoms. The minimum atomic E-state index is -0.439. The first-order valence-electron chi connectivity index (χ1n) is 8.20. The highest BCUT2D eigenvalue weighted by Gasteiger charge is 2.26. The minimum absolute atomic E-state index is 0.00313. The Morgan fingerprint density at radius 2 is 2.15 bits per heavy atom. The second-order valence-corrected chi connectivity index (χ2v) is 7.28. The fourth-order valence-corrected chi connectivity index (χ4v) is 3.58. The van der Waals surface area contributed by atoms with E-state index in [-0.39, 0.29) is 29.3 Å². The lowest BCUT2D eigenvalue weighted by Gasteiger charge is -2.20. The lowest BCUT2D eigenvalue weighted by Crippen LogP contribution is -2.29. The molecule has 0 fully saturated rings. The Bertz CT molecular complexity index is 974. The van der Waals surface area contributed by atoms with Crippen LogP contribution in [0.25, 0.3) is 11.2 Å². The fraction of sp³-hybridized carbons (Fsp3) is 0.294. The van der Waals surface area contributed by atoms with E-state index >= 15 is 0 Å². The predicted molar refractivity (Wildman–Crippen MR) is 104 cm³/mol. The summed E-state index contributed by atoms with van der Waals surface area (Å²) in [5, 5.41) is 12.7. The van der Waals surface area contributed by atoms with Crippen LogP contribution in [0.3, 0.4) is 0 Å². The number of carbonyl (C=O) groups excluding carboxylic acids is 1. The minimum Gasteiger partial charge on any atom is -0.504 e. The van der Waals surface area contributed by atoms with Gasteiger partial charge in [-0.3, -0.25) is 4.79 Å². The molecule has 3 rings (SSSR count). The number of benzene rings is 1. The van der Waals surface area contributed by atoms with E-state index in [1.807, 2.05) is 13.8 Å². The molecule has 0 aliphatic carbocycles. The molecular formula is C17H20N6O3S. The lowest BCUT2D eigenvalue weighted by atomic mass is 10.1. The Labute approximate surface area is 159 Å². The molecule has 3 aromatic rings. The van der Waals surface area contributed by atoms with Crippen LogP contribution in [0.2, 0.25) is 0 Å². The molecule has 1 atom stereocenters. The SMILES string of the molecule is COc1cc(NC(=O)C(Sc2nc(N)nc3nc[nH]c23)C(C)C)ccc1O. The van der Waals surface area contributed by atoms with Crippen molar-refractivity contribution in [1.82, 2.24) is 19.9 Å². The Morgan fingerprint density at radius 3 is 2.85 bits per heavy atom. The van der Waals surface area contributed by atoms with E-state index in [1.165, 1.54) is 31.3 Å². The first-order valence-corrected chi connectivity index (χ1v) is 9.08. The van der Waals surface area contributed by atoms with E-state index in [1.54, 1.807) is 12.1 Å². The number of thioether (sulfide) groups is 1. The van der Waals surface area contributed by atoms with Crippen molar-refractivity contribution < 1.29 is 14.6 Å². The van der Waals surface area contributed by atoms with Crippen molar-refractivity contribution >= 4 is 40.5 Å². The molecule has 0 saturated carbocycles. The van der Waals surface area contributed by atoms with E-state index in [9.17, 15) is 9.90 Å². The topological polar surface area (TPSA) is 139 Å². The second-order valence-electron chi connectivity index (χ2n) is 6.15. The Balaban J connectivity index is 1.84. The van der Waals surface area contributed by atoms with Crippen LogP contribution in [0.5, 0.6) is 11.5 Å². The van der Waals surface area contributed by atoms with Crippen molar-refractivity contribution in [3.05, 3.63) is 24.5 Å². The van der Waals surface area contributed by atoms with Crippen molar-refractivity contribution in [3.8, 4) is 11.5 Å². The average molecular weight is 388 g/mol. The highest BCUT2D eigenvalue weighted by atomic mass is 32.2. The molecule has 9 nitrogen and oxygen atoms in total. The number of methoxy groups -OCH3 is 1. The number of rotatable bonds is 6. The summed E-state index contributed by atoms with van der Waals surface area (Å²) < 4.78 is 5.07. The molecule has 0 radical (unpaired) electrons. The van der Waals surface area contributed by atoms with Crippen molar-refractivity contribution in [3.63, 3.8) is 0 Å². The molecular weight excluding hydrogens is 368 g/mol. The number of hydrogen-bond donors (Lipinski definition) is 4. The second kappa shape index (κ2) is 7.70. The Kier molecular flexibility index (Phi) is 5.36. The zero-order chi connectivity index (χ0) is 19.6. The number of amides is 1. The number of carbonyl (C=O) groups is 1. The highest BCUT2D eigenvalue weighted by molar-refractivity contribution is 8.00. The molecule has 0 saturated heterocycles. The summed E-state index contributed by atoms with van der Waals surface area (Å²) in [7, 11) is 1.45. The number of ether oxygens (including phenoxy) is 1. The normalized spacial score (nSPS) is 12.3. The van der Waals surface area contributed by atoms with Crippen LogP contribution in [0, 0.1) is 5.92 Å². The summed E-state index contributed by atoms with van der Waals surface area (Å²) in [5.74, 6) is 0.201. The number of H-pyrrole nitrogens is 1. The molecule has 2 aromatic heterocycles. The number of fused-ring (bicyclic) bond motifs is 1. The van der Waals surface area contributed by atoms with Gasteiger partial charge in [-0.05, 0) is 18.1 Å². The summed E-state index contributed by atoms with van der Waals surface area (Å²) in [5.41, 5.74) is 7.37. The van der Waals surface area contributed by atoms with Gasteiger partial charge >= 0.3 is 0 Å². The maximum absolute atomic E-state index is 12.9. The molecule has 5 N–H and O–H groups in total. The number of aromatic amines is 1. The maximum atomic E-state index is 12.9. The van der Waals surface area contributed by atoms with E-state index in [4.69, 9.17) is 10.5 Å². The number of imidazole rings is 1. The third-order valence-electron chi connectivity index (χ3n) is 3.82. The van der Waals surface area contributed by atoms with Crippen LogP contribution in [0.4, 0.5) is 11.6 Å².